The number of aryl methyl sites for hydroxylation is 2. The molecule has 0 spiro atoms. The minimum atomic E-state index is -4.41. The van der Waals surface area contributed by atoms with Crippen molar-refractivity contribution in [1.29, 1.82) is 0 Å². The zero-order valence-corrected chi connectivity index (χ0v) is 17.6. The van der Waals surface area contributed by atoms with E-state index in [4.69, 9.17) is 5.10 Å². The lowest BCUT2D eigenvalue weighted by Gasteiger charge is -2.35. The Morgan fingerprint density at radius 2 is 1.84 bits per heavy atom. The van der Waals surface area contributed by atoms with Crippen LogP contribution >= 0.6 is 0 Å². The van der Waals surface area contributed by atoms with Crippen LogP contribution in [0.3, 0.4) is 0 Å². The maximum atomic E-state index is 12.9. The van der Waals surface area contributed by atoms with Gasteiger partial charge in [-0.25, -0.2) is 9.50 Å². The lowest BCUT2D eigenvalue weighted by molar-refractivity contribution is -0.138. The highest BCUT2D eigenvalue weighted by atomic mass is 19.4. The van der Waals surface area contributed by atoms with Crippen molar-refractivity contribution in [2.45, 2.75) is 38.3 Å². The number of alkyl halides is 3. The van der Waals surface area contributed by atoms with Crippen LogP contribution in [0.15, 0.2) is 36.7 Å². The average molecular weight is 443 g/mol. The molecule has 0 saturated carbocycles. The monoisotopic (exact) mass is 443 g/mol. The molecule has 1 fully saturated rings. The number of anilines is 1. The second-order valence-electron chi connectivity index (χ2n) is 8.42. The van der Waals surface area contributed by atoms with Crippen LogP contribution in [0, 0.1) is 0 Å². The first-order valence-corrected chi connectivity index (χ1v) is 10.9. The van der Waals surface area contributed by atoms with Gasteiger partial charge in [0, 0.05) is 44.1 Å². The van der Waals surface area contributed by atoms with Crippen molar-refractivity contribution in [2.24, 2.45) is 0 Å². The average Bonchev–Trinajstić information content (AvgIpc) is 3.18. The predicted octanol–water partition coefficient (Wildman–Crippen LogP) is 3.52. The molecule has 2 aromatic heterocycles. The van der Waals surface area contributed by atoms with Gasteiger partial charge in [-0.05, 0) is 37.3 Å². The van der Waals surface area contributed by atoms with Crippen LogP contribution < -0.4 is 4.90 Å². The molecule has 0 atom stereocenters. The molecular weight excluding hydrogens is 419 g/mol. The van der Waals surface area contributed by atoms with Crippen LogP contribution in [-0.4, -0.2) is 51.6 Å². The number of rotatable bonds is 3. The third-order valence-corrected chi connectivity index (χ3v) is 6.34. The van der Waals surface area contributed by atoms with Crippen molar-refractivity contribution in [2.75, 3.05) is 31.1 Å². The SMILES string of the molecule is O=C(Cc1cccc(C(F)(F)F)c1)N1CCN(c2nccn3nc4c(c23)CCCC4)CC1. The molecule has 1 aromatic carbocycles. The molecule has 2 aliphatic rings. The van der Waals surface area contributed by atoms with Crippen LogP contribution in [-0.2, 0) is 30.2 Å². The number of amides is 1. The highest BCUT2D eigenvalue weighted by molar-refractivity contribution is 5.80. The van der Waals surface area contributed by atoms with E-state index in [1.165, 1.54) is 11.6 Å². The van der Waals surface area contributed by atoms with E-state index in [0.717, 1.165) is 54.8 Å². The van der Waals surface area contributed by atoms with Crippen molar-refractivity contribution in [3.8, 4) is 0 Å². The van der Waals surface area contributed by atoms with Crippen LogP contribution in [0.25, 0.3) is 5.52 Å². The maximum Gasteiger partial charge on any atom is 0.416 e. The van der Waals surface area contributed by atoms with Crippen LogP contribution in [0.1, 0.15) is 35.2 Å². The summed E-state index contributed by atoms with van der Waals surface area (Å²) in [7, 11) is 0. The fourth-order valence-electron chi connectivity index (χ4n) is 4.69. The van der Waals surface area contributed by atoms with E-state index in [9.17, 15) is 18.0 Å². The summed E-state index contributed by atoms with van der Waals surface area (Å²) in [5.41, 5.74) is 3.15. The van der Waals surface area contributed by atoms with Gasteiger partial charge in [0.2, 0.25) is 5.91 Å². The van der Waals surface area contributed by atoms with E-state index in [1.54, 1.807) is 17.2 Å². The number of nitrogens with zero attached hydrogens (tertiary/aromatic N) is 5. The van der Waals surface area contributed by atoms with Crippen LogP contribution in [0.2, 0.25) is 0 Å². The van der Waals surface area contributed by atoms with Crippen molar-refractivity contribution >= 4 is 17.2 Å². The van der Waals surface area contributed by atoms with Gasteiger partial charge in [-0.3, -0.25) is 4.79 Å². The molecule has 0 radical (unpaired) electrons. The number of fused-ring (bicyclic) bond motifs is 3. The van der Waals surface area contributed by atoms with Crippen molar-refractivity contribution < 1.29 is 18.0 Å². The summed E-state index contributed by atoms with van der Waals surface area (Å²) in [6, 6.07) is 5.00. The van der Waals surface area contributed by atoms with E-state index in [2.05, 4.69) is 9.88 Å². The first kappa shape index (κ1) is 20.8. The maximum absolute atomic E-state index is 12.9. The van der Waals surface area contributed by atoms with Gasteiger partial charge in [-0.15, -0.1) is 0 Å². The summed E-state index contributed by atoms with van der Waals surface area (Å²) in [6.07, 6.45) is 3.51. The Kier molecular flexibility index (Phi) is 5.27. The highest BCUT2D eigenvalue weighted by Crippen LogP contribution is 2.31. The molecule has 3 heterocycles. The lowest BCUT2D eigenvalue weighted by atomic mass is 9.97. The summed E-state index contributed by atoms with van der Waals surface area (Å²) in [4.78, 5) is 21.3. The van der Waals surface area contributed by atoms with Gasteiger partial charge in [-0.2, -0.15) is 18.3 Å². The number of benzene rings is 1. The number of carbonyl (C=O) groups excluding carboxylic acids is 1. The Bertz CT molecular complexity index is 1150. The first-order chi connectivity index (χ1) is 15.4. The highest BCUT2D eigenvalue weighted by Gasteiger charge is 2.31. The Morgan fingerprint density at radius 1 is 1.06 bits per heavy atom. The van der Waals surface area contributed by atoms with E-state index in [0.29, 0.717) is 31.7 Å². The number of hydrogen-bond acceptors (Lipinski definition) is 4. The smallest absolute Gasteiger partial charge is 0.351 e. The van der Waals surface area contributed by atoms with Gasteiger partial charge in [0.15, 0.2) is 5.82 Å². The first-order valence-electron chi connectivity index (χ1n) is 10.9. The van der Waals surface area contributed by atoms with Gasteiger partial charge < -0.3 is 9.80 Å². The molecule has 0 unspecified atom stereocenters. The number of halogens is 3. The van der Waals surface area contributed by atoms with Crippen LogP contribution in [0.5, 0.6) is 0 Å². The summed E-state index contributed by atoms with van der Waals surface area (Å²) < 4.78 is 40.8. The fourth-order valence-corrected chi connectivity index (χ4v) is 4.69. The number of aromatic nitrogens is 3. The molecule has 0 bridgehead atoms. The second-order valence-corrected chi connectivity index (χ2v) is 8.42. The van der Waals surface area contributed by atoms with E-state index < -0.39 is 11.7 Å². The molecule has 1 saturated heterocycles. The van der Waals surface area contributed by atoms with Crippen molar-refractivity contribution in [3.05, 3.63) is 59.0 Å². The minimum Gasteiger partial charge on any atom is -0.351 e. The standard InChI is InChI=1S/C23H24F3N5O/c24-23(25,26)17-5-3-4-16(14-17)15-20(32)29-10-12-30(13-11-29)22-21-18-6-1-2-7-19(18)28-31(21)9-8-27-22/h3-5,8-9,14H,1-2,6-7,10-13,15H2. The second kappa shape index (κ2) is 8.11. The molecule has 6 nitrogen and oxygen atoms in total. The predicted molar refractivity (Wildman–Crippen MR) is 114 cm³/mol. The van der Waals surface area contributed by atoms with E-state index in [-0.39, 0.29) is 12.3 Å². The molecule has 0 N–H and O–H groups in total. The third kappa shape index (κ3) is 3.91. The van der Waals surface area contributed by atoms with Crippen molar-refractivity contribution in [3.63, 3.8) is 0 Å². The Labute approximate surface area is 183 Å². The van der Waals surface area contributed by atoms with Crippen LogP contribution in [0.4, 0.5) is 19.0 Å². The summed E-state index contributed by atoms with van der Waals surface area (Å²) in [6.45, 7) is 2.27. The Morgan fingerprint density at radius 3 is 2.62 bits per heavy atom. The minimum absolute atomic E-state index is 0.0338. The van der Waals surface area contributed by atoms with Crippen molar-refractivity contribution in [1.82, 2.24) is 19.5 Å². The molecule has 168 valence electrons. The van der Waals surface area contributed by atoms with Gasteiger partial charge in [-0.1, -0.05) is 18.2 Å². The molecule has 5 rings (SSSR count). The number of piperazine rings is 1. The lowest BCUT2D eigenvalue weighted by Crippen LogP contribution is -2.49. The Hall–Kier alpha value is -3.10. The molecule has 32 heavy (non-hydrogen) atoms. The zero-order chi connectivity index (χ0) is 22.3. The summed E-state index contributed by atoms with van der Waals surface area (Å²) >= 11 is 0. The normalized spacial score (nSPS) is 17.0. The topological polar surface area (TPSA) is 53.7 Å². The zero-order valence-electron chi connectivity index (χ0n) is 17.6. The van der Waals surface area contributed by atoms with E-state index >= 15 is 0 Å². The van der Waals surface area contributed by atoms with Gasteiger partial charge in [0.05, 0.1) is 17.7 Å². The summed E-state index contributed by atoms with van der Waals surface area (Å²) in [5.74, 6) is 0.741. The number of hydrogen-bond donors (Lipinski definition) is 0. The number of carbonyl (C=O) groups is 1. The quantitative estimate of drug-likeness (QED) is 0.622. The fraction of sp³-hybridized carbons (Fsp3) is 0.435. The molecule has 3 aromatic rings. The van der Waals surface area contributed by atoms with E-state index in [1.807, 2.05) is 10.7 Å². The third-order valence-electron chi connectivity index (χ3n) is 6.34. The molecule has 1 aliphatic carbocycles. The molecule has 9 heteroatoms. The summed E-state index contributed by atoms with van der Waals surface area (Å²) in [5, 5.41) is 4.73. The molecule has 1 aliphatic heterocycles. The molecular formula is C23H24F3N5O. The van der Waals surface area contributed by atoms with Gasteiger partial charge in [0.1, 0.15) is 5.52 Å². The molecule has 1 amide bonds. The van der Waals surface area contributed by atoms with Gasteiger partial charge >= 0.3 is 6.18 Å². The largest absolute Gasteiger partial charge is 0.416 e. The van der Waals surface area contributed by atoms with Gasteiger partial charge in [0.25, 0.3) is 0 Å². The Balaban J connectivity index is 1.28.